The third kappa shape index (κ3) is 2.43. The van der Waals surface area contributed by atoms with E-state index in [1.165, 1.54) is 0 Å². The van der Waals surface area contributed by atoms with Gasteiger partial charge >= 0.3 is 0 Å². The number of aryl methyl sites for hydroxylation is 1. The molecule has 2 aromatic rings. The van der Waals surface area contributed by atoms with Crippen LogP contribution in [0.2, 0.25) is 0 Å². The summed E-state index contributed by atoms with van der Waals surface area (Å²) >= 11 is 0. The number of carbonyl (C=O) groups is 1. The van der Waals surface area contributed by atoms with Crippen LogP contribution < -0.4 is 10.2 Å². The standard InChI is InChI=1S/C16H20N6O2/c1-21-9-12(8-18-21)19-15-17-6-4-13(20-15)22-7-5-16(10-23,14(22)24)11-2-3-11/h4,6,8-9,11,23H,2-3,5,7,10H2,1H3,(H,17,19,20). The molecule has 3 heterocycles. The molecule has 8 heteroatoms. The van der Waals surface area contributed by atoms with E-state index in [4.69, 9.17) is 0 Å². The average molecular weight is 328 g/mol. The van der Waals surface area contributed by atoms with Crippen LogP contribution in [0, 0.1) is 11.3 Å². The molecule has 0 bridgehead atoms. The molecule has 2 aliphatic rings. The molecule has 1 aliphatic heterocycles. The van der Waals surface area contributed by atoms with Crippen LogP contribution in [-0.4, -0.2) is 43.9 Å². The van der Waals surface area contributed by atoms with Crippen molar-refractivity contribution in [3.05, 3.63) is 24.7 Å². The Labute approximate surface area is 139 Å². The SMILES string of the molecule is Cn1cc(Nc2nccc(N3CCC(CO)(C4CC4)C3=O)n2)cn1. The monoisotopic (exact) mass is 328 g/mol. The summed E-state index contributed by atoms with van der Waals surface area (Å²) < 4.78 is 1.68. The zero-order valence-electron chi connectivity index (χ0n) is 13.5. The minimum Gasteiger partial charge on any atom is -0.395 e. The number of rotatable bonds is 5. The highest BCUT2D eigenvalue weighted by atomic mass is 16.3. The summed E-state index contributed by atoms with van der Waals surface area (Å²) in [6, 6.07) is 1.73. The normalized spacial score (nSPS) is 23.8. The van der Waals surface area contributed by atoms with E-state index < -0.39 is 5.41 Å². The molecule has 2 N–H and O–H groups in total. The van der Waals surface area contributed by atoms with Crippen LogP contribution in [0.3, 0.4) is 0 Å². The first-order valence-corrected chi connectivity index (χ1v) is 8.14. The molecule has 4 rings (SSSR count). The number of aromatic nitrogens is 4. The van der Waals surface area contributed by atoms with Crippen molar-refractivity contribution in [2.75, 3.05) is 23.4 Å². The Hall–Kier alpha value is -2.48. The molecule has 1 saturated carbocycles. The quantitative estimate of drug-likeness (QED) is 0.852. The Morgan fingerprint density at radius 2 is 2.29 bits per heavy atom. The first-order valence-electron chi connectivity index (χ1n) is 8.14. The molecule has 2 aromatic heterocycles. The molecular formula is C16H20N6O2. The zero-order valence-corrected chi connectivity index (χ0v) is 13.5. The van der Waals surface area contributed by atoms with Crippen molar-refractivity contribution in [2.24, 2.45) is 18.4 Å². The first kappa shape index (κ1) is 15.1. The topological polar surface area (TPSA) is 96.2 Å². The Morgan fingerprint density at radius 3 is 2.96 bits per heavy atom. The summed E-state index contributed by atoms with van der Waals surface area (Å²) in [5.41, 5.74) is 0.173. The van der Waals surface area contributed by atoms with E-state index in [0.29, 0.717) is 30.6 Å². The molecule has 1 aliphatic carbocycles. The van der Waals surface area contributed by atoms with Gasteiger partial charge in [0, 0.05) is 26.0 Å². The maximum Gasteiger partial charge on any atom is 0.237 e. The lowest BCUT2D eigenvalue weighted by atomic mass is 9.82. The number of amides is 1. The van der Waals surface area contributed by atoms with Crippen LogP contribution in [0.1, 0.15) is 19.3 Å². The molecule has 0 radical (unpaired) electrons. The van der Waals surface area contributed by atoms with E-state index in [0.717, 1.165) is 18.5 Å². The van der Waals surface area contributed by atoms with Gasteiger partial charge in [-0.1, -0.05) is 0 Å². The number of hydrogen-bond donors (Lipinski definition) is 2. The van der Waals surface area contributed by atoms with Gasteiger partial charge in [-0.15, -0.1) is 0 Å². The summed E-state index contributed by atoms with van der Waals surface area (Å²) in [5, 5.41) is 17.0. The van der Waals surface area contributed by atoms with Crippen LogP contribution >= 0.6 is 0 Å². The van der Waals surface area contributed by atoms with Crippen LogP contribution in [0.25, 0.3) is 0 Å². The first-order chi connectivity index (χ1) is 11.6. The maximum absolute atomic E-state index is 12.9. The Morgan fingerprint density at radius 1 is 1.46 bits per heavy atom. The van der Waals surface area contributed by atoms with E-state index in [2.05, 4.69) is 20.4 Å². The highest BCUT2D eigenvalue weighted by Crippen LogP contribution is 2.51. The smallest absolute Gasteiger partial charge is 0.237 e. The van der Waals surface area contributed by atoms with Gasteiger partial charge in [0.25, 0.3) is 0 Å². The summed E-state index contributed by atoms with van der Waals surface area (Å²) in [6.07, 6.45) is 7.87. The Bertz CT molecular complexity index is 771. The molecule has 126 valence electrons. The number of hydrogen-bond acceptors (Lipinski definition) is 6. The van der Waals surface area contributed by atoms with Gasteiger partial charge in [-0.05, 0) is 31.2 Å². The minimum absolute atomic E-state index is 0.0153. The van der Waals surface area contributed by atoms with Gasteiger partial charge in [0.2, 0.25) is 11.9 Å². The van der Waals surface area contributed by atoms with Crippen LogP contribution in [0.4, 0.5) is 17.5 Å². The van der Waals surface area contributed by atoms with Crippen LogP contribution in [0.5, 0.6) is 0 Å². The molecule has 1 atom stereocenters. The lowest BCUT2D eigenvalue weighted by Gasteiger charge is -2.25. The van der Waals surface area contributed by atoms with Gasteiger partial charge in [-0.3, -0.25) is 14.4 Å². The molecule has 1 unspecified atom stereocenters. The number of aliphatic hydroxyl groups excluding tert-OH is 1. The van der Waals surface area contributed by atoms with E-state index in [1.807, 2.05) is 13.2 Å². The van der Waals surface area contributed by atoms with Crippen molar-refractivity contribution < 1.29 is 9.90 Å². The fourth-order valence-corrected chi connectivity index (χ4v) is 3.47. The highest BCUT2D eigenvalue weighted by Gasteiger charge is 2.55. The van der Waals surface area contributed by atoms with Crippen molar-refractivity contribution in [1.82, 2.24) is 19.7 Å². The lowest BCUT2D eigenvalue weighted by Crippen LogP contribution is -2.39. The minimum atomic E-state index is -0.609. The number of carbonyl (C=O) groups excluding carboxylic acids is 1. The zero-order chi connectivity index (χ0) is 16.7. The molecule has 0 spiro atoms. The third-order valence-electron chi connectivity index (χ3n) is 4.97. The molecular weight excluding hydrogens is 308 g/mol. The largest absolute Gasteiger partial charge is 0.395 e. The summed E-state index contributed by atoms with van der Waals surface area (Å²) in [6.45, 7) is 0.498. The van der Waals surface area contributed by atoms with Gasteiger partial charge < -0.3 is 10.4 Å². The molecule has 8 nitrogen and oxygen atoms in total. The third-order valence-corrected chi connectivity index (χ3v) is 4.97. The number of nitrogens with one attached hydrogen (secondary N) is 1. The number of anilines is 3. The summed E-state index contributed by atoms with van der Waals surface area (Å²) in [7, 11) is 1.83. The fourth-order valence-electron chi connectivity index (χ4n) is 3.47. The van der Waals surface area contributed by atoms with Gasteiger partial charge in [0.05, 0.1) is 23.9 Å². The van der Waals surface area contributed by atoms with Gasteiger partial charge in [-0.2, -0.15) is 10.1 Å². The van der Waals surface area contributed by atoms with Crippen molar-refractivity contribution in [3.8, 4) is 0 Å². The number of aliphatic hydroxyl groups is 1. The fraction of sp³-hybridized carbons (Fsp3) is 0.500. The molecule has 1 amide bonds. The van der Waals surface area contributed by atoms with Crippen LogP contribution in [-0.2, 0) is 11.8 Å². The second-order valence-electron chi connectivity index (χ2n) is 6.56. The highest BCUT2D eigenvalue weighted by molar-refractivity contribution is 5.99. The summed E-state index contributed by atoms with van der Waals surface area (Å²) in [4.78, 5) is 23.2. The van der Waals surface area contributed by atoms with E-state index in [-0.39, 0.29) is 12.5 Å². The molecule has 0 aromatic carbocycles. The van der Waals surface area contributed by atoms with Gasteiger partial charge in [0.1, 0.15) is 5.82 Å². The van der Waals surface area contributed by atoms with Crippen molar-refractivity contribution in [3.63, 3.8) is 0 Å². The Balaban J connectivity index is 1.56. The number of nitrogens with zero attached hydrogens (tertiary/aromatic N) is 5. The predicted octanol–water partition coefficient (Wildman–Crippen LogP) is 1.08. The second kappa shape index (κ2) is 5.55. The second-order valence-corrected chi connectivity index (χ2v) is 6.56. The van der Waals surface area contributed by atoms with Crippen LogP contribution in [0.15, 0.2) is 24.7 Å². The maximum atomic E-state index is 12.9. The van der Waals surface area contributed by atoms with Gasteiger partial charge in [-0.25, -0.2) is 4.98 Å². The molecule has 1 saturated heterocycles. The van der Waals surface area contributed by atoms with Gasteiger partial charge in [0.15, 0.2) is 0 Å². The average Bonchev–Trinajstić information content (AvgIpc) is 3.27. The summed E-state index contributed by atoms with van der Waals surface area (Å²) in [5.74, 6) is 1.28. The van der Waals surface area contributed by atoms with E-state index in [1.54, 1.807) is 28.0 Å². The predicted molar refractivity (Wildman–Crippen MR) is 87.7 cm³/mol. The molecule has 2 fully saturated rings. The van der Waals surface area contributed by atoms with Crippen molar-refractivity contribution in [2.45, 2.75) is 19.3 Å². The lowest BCUT2D eigenvalue weighted by molar-refractivity contribution is -0.128. The van der Waals surface area contributed by atoms with Crippen molar-refractivity contribution >= 4 is 23.4 Å². The Kier molecular flexibility index (Phi) is 3.49. The van der Waals surface area contributed by atoms with E-state index >= 15 is 0 Å². The van der Waals surface area contributed by atoms with E-state index in [9.17, 15) is 9.90 Å². The van der Waals surface area contributed by atoms with Crippen molar-refractivity contribution in [1.29, 1.82) is 0 Å². The molecule has 24 heavy (non-hydrogen) atoms.